The molecule has 0 unspecified atom stereocenters. The Labute approximate surface area is 134 Å². The SMILES string of the molecule is COc1ccccc1[C@@H](CC(=O)NCCCN(C)C)C(C)C. The number of nitrogens with zero attached hydrogens (tertiary/aromatic N) is 1. The number of hydrogen-bond donors (Lipinski definition) is 1. The summed E-state index contributed by atoms with van der Waals surface area (Å²) in [6.45, 7) is 6.01. The molecular weight excluding hydrogens is 276 g/mol. The number of methoxy groups -OCH3 is 1. The maximum absolute atomic E-state index is 12.2. The first-order chi connectivity index (χ1) is 10.5. The summed E-state index contributed by atoms with van der Waals surface area (Å²) in [6, 6.07) is 7.98. The van der Waals surface area contributed by atoms with Gasteiger partial charge in [0.05, 0.1) is 7.11 Å². The molecule has 1 N–H and O–H groups in total. The van der Waals surface area contributed by atoms with E-state index < -0.39 is 0 Å². The molecule has 0 bridgehead atoms. The van der Waals surface area contributed by atoms with E-state index in [1.54, 1.807) is 7.11 Å². The van der Waals surface area contributed by atoms with Gasteiger partial charge in [0.15, 0.2) is 0 Å². The summed E-state index contributed by atoms with van der Waals surface area (Å²) in [5.41, 5.74) is 1.11. The van der Waals surface area contributed by atoms with Gasteiger partial charge in [0.25, 0.3) is 0 Å². The Bertz CT molecular complexity index is 458. The quantitative estimate of drug-likeness (QED) is 0.713. The van der Waals surface area contributed by atoms with Crippen LogP contribution >= 0.6 is 0 Å². The molecule has 0 aromatic heterocycles. The van der Waals surface area contributed by atoms with Crippen LogP contribution in [0.1, 0.15) is 38.2 Å². The molecule has 0 aliphatic heterocycles. The molecule has 0 saturated carbocycles. The van der Waals surface area contributed by atoms with Gasteiger partial charge in [0, 0.05) is 13.0 Å². The van der Waals surface area contributed by atoms with Crippen LogP contribution in [-0.2, 0) is 4.79 Å². The topological polar surface area (TPSA) is 41.6 Å². The van der Waals surface area contributed by atoms with E-state index in [1.165, 1.54) is 0 Å². The van der Waals surface area contributed by atoms with Crippen molar-refractivity contribution < 1.29 is 9.53 Å². The predicted octanol–water partition coefficient (Wildman–Crippen LogP) is 2.89. The van der Waals surface area contributed by atoms with Gasteiger partial charge < -0.3 is 15.0 Å². The lowest BCUT2D eigenvalue weighted by Crippen LogP contribution is -2.29. The van der Waals surface area contributed by atoms with Crippen LogP contribution in [0.3, 0.4) is 0 Å². The third kappa shape index (κ3) is 6.06. The first-order valence-corrected chi connectivity index (χ1v) is 8.00. The van der Waals surface area contributed by atoms with E-state index in [1.807, 2.05) is 32.3 Å². The van der Waals surface area contributed by atoms with Gasteiger partial charge in [-0.2, -0.15) is 0 Å². The van der Waals surface area contributed by atoms with Crippen LogP contribution in [-0.4, -0.2) is 45.1 Å². The van der Waals surface area contributed by atoms with E-state index >= 15 is 0 Å². The second-order valence-corrected chi connectivity index (χ2v) is 6.30. The molecule has 4 heteroatoms. The number of carbonyl (C=O) groups excluding carboxylic acids is 1. The summed E-state index contributed by atoms with van der Waals surface area (Å²) in [4.78, 5) is 14.3. The molecule has 0 heterocycles. The first-order valence-electron chi connectivity index (χ1n) is 8.00. The van der Waals surface area contributed by atoms with Crippen molar-refractivity contribution >= 4 is 5.91 Å². The molecule has 22 heavy (non-hydrogen) atoms. The molecule has 0 saturated heterocycles. The number of ether oxygens (including phenoxy) is 1. The van der Waals surface area contributed by atoms with Crippen molar-refractivity contribution in [1.29, 1.82) is 0 Å². The molecule has 1 amide bonds. The maximum Gasteiger partial charge on any atom is 0.220 e. The van der Waals surface area contributed by atoms with Crippen molar-refractivity contribution in [1.82, 2.24) is 10.2 Å². The normalized spacial score (nSPS) is 12.5. The van der Waals surface area contributed by atoms with Crippen LogP contribution < -0.4 is 10.1 Å². The zero-order valence-corrected chi connectivity index (χ0v) is 14.6. The van der Waals surface area contributed by atoms with Crippen LogP contribution in [0.4, 0.5) is 0 Å². The van der Waals surface area contributed by atoms with Crippen LogP contribution in [0.25, 0.3) is 0 Å². The lowest BCUT2D eigenvalue weighted by atomic mass is 9.85. The summed E-state index contributed by atoms with van der Waals surface area (Å²) in [5.74, 6) is 1.53. The third-order valence-electron chi connectivity index (χ3n) is 3.85. The molecule has 1 aromatic rings. The van der Waals surface area contributed by atoms with Gasteiger partial charge in [-0.05, 0) is 50.5 Å². The Morgan fingerprint density at radius 1 is 1.27 bits per heavy atom. The highest BCUT2D eigenvalue weighted by Gasteiger charge is 2.22. The summed E-state index contributed by atoms with van der Waals surface area (Å²) >= 11 is 0. The van der Waals surface area contributed by atoms with Gasteiger partial charge in [0.2, 0.25) is 5.91 Å². The molecule has 124 valence electrons. The van der Waals surface area contributed by atoms with E-state index in [0.29, 0.717) is 12.3 Å². The predicted molar refractivity (Wildman–Crippen MR) is 91.4 cm³/mol. The Kier molecular flexibility index (Phi) is 7.96. The fourth-order valence-electron chi connectivity index (χ4n) is 2.57. The van der Waals surface area contributed by atoms with E-state index in [2.05, 4.69) is 30.1 Å². The number of para-hydroxylation sites is 1. The minimum absolute atomic E-state index is 0.114. The molecule has 1 atom stereocenters. The lowest BCUT2D eigenvalue weighted by molar-refractivity contribution is -0.121. The van der Waals surface area contributed by atoms with Gasteiger partial charge in [-0.25, -0.2) is 0 Å². The van der Waals surface area contributed by atoms with Gasteiger partial charge >= 0.3 is 0 Å². The monoisotopic (exact) mass is 306 g/mol. The zero-order chi connectivity index (χ0) is 16.5. The average Bonchev–Trinajstić information content (AvgIpc) is 2.48. The zero-order valence-electron chi connectivity index (χ0n) is 14.6. The van der Waals surface area contributed by atoms with E-state index in [0.717, 1.165) is 30.8 Å². The minimum Gasteiger partial charge on any atom is -0.496 e. The van der Waals surface area contributed by atoms with Crippen molar-refractivity contribution in [2.24, 2.45) is 5.92 Å². The molecule has 4 nitrogen and oxygen atoms in total. The summed E-state index contributed by atoms with van der Waals surface area (Å²) in [5, 5.41) is 3.02. The standard InChI is InChI=1S/C18H30N2O2/c1-14(2)16(15-9-6-7-10-17(15)22-5)13-18(21)19-11-8-12-20(3)4/h6-7,9-10,14,16H,8,11-13H2,1-5H3,(H,19,21)/t16-/m0/s1. The highest BCUT2D eigenvalue weighted by molar-refractivity contribution is 5.77. The number of hydrogen-bond acceptors (Lipinski definition) is 3. The summed E-state index contributed by atoms with van der Waals surface area (Å²) in [6.07, 6.45) is 1.47. The third-order valence-corrected chi connectivity index (χ3v) is 3.85. The molecule has 0 aliphatic rings. The van der Waals surface area contributed by atoms with Crippen LogP contribution in [0.15, 0.2) is 24.3 Å². The Morgan fingerprint density at radius 3 is 2.55 bits per heavy atom. The molecule has 0 aliphatic carbocycles. The molecule has 1 rings (SSSR count). The molecule has 1 aromatic carbocycles. The van der Waals surface area contributed by atoms with Crippen molar-refractivity contribution in [3.05, 3.63) is 29.8 Å². The van der Waals surface area contributed by atoms with Crippen molar-refractivity contribution in [3.63, 3.8) is 0 Å². The highest BCUT2D eigenvalue weighted by Crippen LogP contribution is 2.34. The number of carbonyl (C=O) groups is 1. The summed E-state index contributed by atoms with van der Waals surface area (Å²) in [7, 11) is 5.76. The van der Waals surface area contributed by atoms with Crippen molar-refractivity contribution in [2.45, 2.75) is 32.6 Å². The maximum atomic E-state index is 12.2. The van der Waals surface area contributed by atoms with Gasteiger partial charge in [-0.3, -0.25) is 4.79 Å². The fraction of sp³-hybridized carbons (Fsp3) is 0.611. The minimum atomic E-state index is 0.114. The van der Waals surface area contributed by atoms with E-state index in [4.69, 9.17) is 4.74 Å². The lowest BCUT2D eigenvalue weighted by Gasteiger charge is -2.23. The number of nitrogens with one attached hydrogen (secondary N) is 1. The summed E-state index contributed by atoms with van der Waals surface area (Å²) < 4.78 is 5.45. The molecule has 0 radical (unpaired) electrons. The van der Waals surface area contributed by atoms with E-state index in [9.17, 15) is 4.79 Å². The largest absolute Gasteiger partial charge is 0.496 e. The number of benzene rings is 1. The highest BCUT2D eigenvalue weighted by atomic mass is 16.5. The van der Waals surface area contributed by atoms with E-state index in [-0.39, 0.29) is 11.8 Å². The molecular formula is C18H30N2O2. The van der Waals surface area contributed by atoms with Crippen molar-refractivity contribution in [3.8, 4) is 5.75 Å². The Morgan fingerprint density at radius 2 is 1.95 bits per heavy atom. The Balaban J connectivity index is 2.63. The van der Waals surface area contributed by atoms with Gasteiger partial charge in [-0.15, -0.1) is 0 Å². The van der Waals surface area contributed by atoms with Gasteiger partial charge in [0.1, 0.15) is 5.75 Å². The fourth-order valence-corrected chi connectivity index (χ4v) is 2.57. The average molecular weight is 306 g/mol. The van der Waals surface area contributed by atoms with Crippen molar-refractivity contribution in [2.75, 3.05) is 34.3 Å². The molecule has 0 fully saturated rings. The first kappa shape index (κ1) is 18.5. The second-order valence-electron chi connectivity index (χ2n) is 6.30. The Hall–Kier alpha value is -1.55. The van der Waals surface area contributed by atoms with Crippen LogP contribution in [0.5, 0.6) is 5.75 Å². The molecule has 0 spiro atoms. The van der Waals surface area contributed by atoms with Crippen LogP contribution in [0.2, 0.25) is 0 Å². The van der Waals surface area contributed by atoms with Crippen LogP contribution in [0, 0.1) is 5.92 Å². The number of rotatable bonds is 9. The van der Waals surface area contributed by atoms with Gasteiger partial charge in [-0.1, -0.05) is 32.0 Å². The number of amides is 1. The smallest absolute Gasteiger partial charge is 0.220 e. The second kappa shape index (κ2) is 9.46.